The van der Waals surface area contributed by atoms with Gasteiger partial charge < -0.3 is 11.1 Å². The Bertz CT molecular complexity index is 988. The summed E-state index contributed by atoms with van der Waals surface area (Å²) in [6.45, 7) is 9.63. The summed E-state index contributed by atoms with van der Waals surface area (Å²) in [5.74, 6) is 1.22. The van der Waals surface area contributed by atoms with E-state index in [0.717, 1.165) is 31.4 Å². The van der Waals surface area contributed by atoms with Gasteiger partial charge in [-0.05, 0) is 57.6 Å². The first kappa shape index (κ1) is 21.7. The van der Waals surface area contributed by atoms with E-state index in [9.17, 15) is 13.2 Å². The van der Waals surface area contributed by atoms with Crippen LogP contribution in [0.1, 0.15) is 56.8 Å². The van der Waals surface area contributed by atoms with Crippen molar-refractivity contribution in [2.45, 2.75) is 63.8 Å². The fourth-order valence-corrected chi connectivity index (χ4v) is 5.90. The van der Waals surface area contributed by atoms with E-state index in [1.807, 2.05) is 10.7 Å². The Kier molecular flexibility index (Phi) is 5.24. The third-order valence-electron chi connectivity index (χ3n) is 7.45. The summed E-state index contributed by atoms with van der Waals surface area (Å²) in [6, 6.07) is 4.36. The predicted molar refractivity (Wildman–Crippen MR) is 117 cm³/mol. The molecule has 0 radical (unpaired) electrons. The zero-order valence-electron chi connectivity index (χ0n) is 18.7. The summed E-state index contributed by atoms with van der Waals surface area (Å²) in [6.07, 6.45) is -0.762. The van der Waals surface area contributed by atoms with E-state index in [4.69, 9.17) is 5.73 Å². The van der Waals surface area contributed by atoms with Gasteiger partial charge in [0.1, 0.15) is 5.82 Å². The number of alkyl halides is 3. The molecule has 0 aromatic carbocycles. The van der Waals surface area contributed by atoms with E-state index >= 15 is 0 Å². The lowest BCUT2D eigenvalue weighted by Crippen LogP contribution is -2.52. The fourth-order valence-electron chi connectivity index (χ4n) is 5.90. The normalized spacial score (nSPS) is 30.7. The number of anilines is 1. The molecule has 2 aromatic rings. The summed E-state index contributed by atoms with van der Waals surface area (Å²) in [5, 5.41) is 8.20. The number of nitrogens with zero attached hydrogens (tertiary/aromatic N) is 4. The molecule has 5 rings (SSSR count). The van der Waals surface area contributed by atoms with Crippen molar-refractivity contribution in [3.05, 3.63) is 29.6 Å². The van der Waals surface area contributed by atoms with Crippen molar-refractivity contribution < 1.29 is 13.2 Å². The standard InChI is InChI=1S/C23H31F3N6/c1-12(2)32-20(9-19(30-32)14-6-18(23(24,25)26)22(27)29-10-14)21-16-7-15(8-17(16)21)31-5-4-28-13(3)11-31/h6,9-10,12-13,15-17,21,28H,4-5,7-8,11H2,1-3H3,(H2,27,29)/t13-,15-,16-,17+,21+/m0/s1. The predicted octanol–water partition coefficient (Wildman–Crippen LogP) is 3.91. The monoisotopic (exact) mass is 448 g/mol. The van der Waals surface area contributed by atoms with E-state index < -0.39 is 17.6 Å². The van der Waals surface area contributed by atoms with Crippen molar-refractivity contribution in [1.29, 1.82) is 0 Å². The van der Waals surface area contributed by atoms with Crippen LogP contribution in [0.25, 0.3) is 11.3 Å². The number of aromatic nitrogens is 3. The molecular formula is C23H31F3N6. The first-order valence-corrected chi connectivity index (χ1v) is 11.5. The molecule has 0 amide bonds. The van der Waals surface area contributed by atoms with Crippen LogP contribution in [0, 0.1) is 11.8 Å². The Hall–Kier alpha value is -2.13. The van der Waals surface area contributed by atoms with E-state index in [2.05, 4.69) is 41.1 Å². The topological polar surface area (TPSA) is 72.0 Å². The van der Waals surface area contributed by atoms with Crippen molar-refractivity contribution in [3.8, 4) is 11.3 Å². The van der Waals surface area contributed by atoms with Gasteiger partial charge in [0.05, 0.1) is 11.3 Å². The molecule has 32 heavy (non-hydrogen) atoms. The second kappa shape index (κ2) is 7.73. The maximum atomic E-state index is 13.3. The molecule has 0 spiro atoms. The van der Waals surface area contributed by atoms with Gasteiger partial charge in [0.2, 0.25) is 0 Å². The van der Waals surface area contributed by atoms with Crippen LogP contribution in [0.2, 0.25) is 0 Å². The maximum absolute atomic E-state index is 13.3. The van der Waals surface area contributed by atoms with Gasteiger partial charge in [-0.25, -0.2) is 4.98 Å². The highest BCUT2D eigenvalue weighted by Crippen LogP contribution is 2.64. The van der Waals surface area contributed by atoms with Gasteiger partial charge in [-0.2, -0.15) is 18.3 Å². The molecule has 2 aliphatic carbocycles. The molecule has 9 heteroatoms. The summed E-state index contributed by atoms with van der Waals surface area (Å²) >= 11 is 0. The van der Waals surface area contributed by atoms with Gasteiger partial charge in [0.15, 0.2) is 0 Å². The Morgan fingerprint density at radius 2 is 1.91 bits per heavy atom. The van der Waals surface area contributed by atoms with Crippen molar-refractivity contribution in [1.82, 2.24) is 25.0 Å². The van der Waals surface area contributed by atoms with E-state index in [1.54, 1.807) is 0 Å². The number of pyridine rings is 1. The Morgan fingerprint density at radius 1 is 1.19 bits per heavy atom. The number of halogens is 3. The lowest BCUT2D eigenvalue weighted by molar-refractivity contribution is -0.137. The third-order valence-corrected chi connectivity index (χ3v) is 7.45. The molecule has 3 fully saturated rings. The average molecular weight is 449 g/mol. The number of nitrogens with two attached hydrogens (primary N) is 1. The van der Waals surface area contributed by atoms with Crippen LogP contribution in [-0.2, 0) is 6.18 Å². The molecule has 0 bridgehead atoms. The van der Waals surface area contributed by atoms with Gasteiger partial charge in [-0.1, -0.05) is 0 Å². The highest BCUT2D eigenvalue weighted by Gasteiger charge is 2.58. The van der Waals surface area contributed by atoms with Crippen molar-refractivity contribution >= 4 is 5.82 Å². The molecule has 2 saturated carbocycles. The summed E-state index contributed by atoms with van der Waals surface area (Å²) in [5.41, 5.74) is 6.59. The number of rotatable bonds is 4. The third kappa shape index (κ3) is 3.79. The molecule has 6 nitrogen and oxygen atoms in total. The Balaban J connectivity index is 1.37. The number of fused-ring (bicyclic) bond motifs is 1. The first-order valence-electron chi connectivity index (χ1n) is 11.5. The Labute approximate surface area is 186 Å². The summed E-state index contributed by atoms with van der Waals surface area (Å²) < 4.78 is 41.9. The molecule has 174 valence electrons. The number of hydrogen-bond donors (Lipinski definition) is 2. The van der Waals surface area contributed by atoms with Crippen molar-refractivity contribution in [2.75, 3.05) is 25.4 Å². The van der Waals surface area contributed by atoms with Crippen molar-refractivity contribution in [3.63, 3.8) is 0 Å². The van der Waals surface area contributed by atoms with E-state index in [0.29, 0.717) is 41.1 Å². The maximum Gasteiger partial charge on any atom is 0.419 e. The molecule has 2 aromatic heterocycles. The zero-order chi connectivity index (χ0) is 22.8. The van der Waals surface area contributed by atoms with Crippen LogP contribution in [0.4, 0.5) is 19.0 Å². The van der Waals surface area contributed by atoms with Crippen LogP contribution in [-0.4, -0.2) is 51.4 Å². The minimum Gasteiger partial charge on any atom is -0.383 e. The highest BCUT2D eigenvalue weighted by molar-refractivity contribution is 5.63. The molecular weight excluding hydrogens is 417 g/mol. The molecule has 3 heterocycles. The SMILES string of the molecule is CC(C)n1nc(-c2cnc(N)c(C(F)(F)F)c2)cc1[C@H]1[C@@H]2C[C@@H](N3CCN[C@@H](C)C3)C[C@@H]21. The average Bonchev–Trinajstić information content (AvgIpc) is 3.08. The van der Waals surface area contributed by atoms with E-state index in [1.165, 1.54) is 19.0 Å². The highest BCUT2D eigenvalue weighted by atomic mass is 19.4. The summed E-state index contributed by atoms with van der Waals surface area (Å²) in [4.78, 5) is 6.42. The van der Waals surface area contributed by atoms with Crippen LogP contribution < -0.4 is 11.1 Å². The molecule has 0 unspecified atom stereocenters. The largest absolute Gasteiger partial charge is 0.419 e. The zero-order valence-corrected chi connectivity index (χ0v) is 18.7. The van der Waals surface area contributed by atoms with Gasteiger partial charge >= 0.3 is 6.18 Å². The van der Waals surface area contributed by atoms with Gasteiger partial charge in [-0.3, -0.25) is 9.58 Å². The van der Waals surface area contributed by atoms with Gasteiger partial charge in [0.25, 0.3) is 0 Å². The van der Waals surface area contributed by atoms with Crippen molar-refractivity contribution in [2.24, 2.45) is 11.8 Å². The lowest BCUT2D eigenvalue weighted by Gasteiger charge is -2.37. The smallest absolute Gasteiger partial charge is 0.383 e. The van der Waals surface area contributed by atoms with Gasteiger partial charge in [-0.15, -0.1) is 0 Å². The first-order chi connectivity index (χ1) is 15.1. The number of piperazine rings is 1. The summed E-state index contributed by atoms with van der Waals surface area (Å²) in [7, 11) is 0. The molecule has 5 atom stereocenters. The minimum absolute atomic E-state index is 0.133. The van der Waals surface area contributed by atoms with E-state index in [-0.39, 0.29) is 6.04 Å². The van der Waals surface area contributed by atoms with Crippen LogP contribution in [0.3, 0.4) is 0 Å². The molecule has 3 N–H and O–H groups in total. The molecule has 1 saturated heterocycles. The number of hydrogen-bond acceptors (Lipinski definition) is 5. The lowest BCUT2D eigenvalue weighted by atomic mass is 10.0. The second-order valence-corrected chi connectivity index (χ2v) is 9.98. The Morgan fingerprint density at radius 3 is 2.53 bits per heavy atom. The van der Waals surface area contributed by atoms with Crippen LogP contribution in [0.5, 0.6) is 0 Å². The second-order valence-electron chi connectivity index (χ2n) is 9.98. The van der Waals surface area contributed by atoms with Crippen LogP contribution >= 0.6 is 0 Å². The van der Waals surface area contributed by atoms with Crippen LogP contribution in [0.15, 0.2) is 18.3 Å². The molecule has 3 aliphatic rings. The number of nitrogens with one attached hydrogen (secondary N) is 1. The minimum atomic E-state index is -4.54. The van der Waals surface area contributed by atoms with Gasteiger partial charge in [0, 0.05) is 61.1 Å². The fraction of sp³-hybridized carbons (Fsp3) is 0.652. The quantitative estimate of drug-likeness (QED) is 0.742. The number of nitrogen functional groups attached to an aromatic ring is 1. The molecule has 1 aliphatic heterocycles.